The highest BCUT2D eigenvalue weighted by atomic mass is 19.4. The molecule has 0 saturated heterocycles. The fourth-order valence-electron chi connectivity index (χ4n) is 5.29. The number of allylic oxidation sites excluding steroid dienone is 1. The maximum atomic E-state index is 15.1. The molecule has 0 amide bonds. The normalized spacial score (nSPS) is 20.6. The number of hydrogen-bond acceptors (Lipinski definition) is 1. The van der Waals surface area contributed by atoms with Crippen molar-refractivity contribution in [2.45, 2.75) is 70.6 Å². The van der Waals surface area contributed by atoms with E-state index in [4.69, 9.17) is 0 Å². The molecule has 0 N–H and O–H groups in total. The number of halogens is 7. The summed E-state index contributed by atoms with van der Waals surface area (Å²) in [6.45, 7) is 2.14. The molecule has 0 unspecified atom stereocenters. The highest BCUT2D eigenvalue weighted by Gasteiger charge is 2.35. The lowest BCUT2D eigenvalue weighted by atomic mass is 9.77. The van der Waals surface area contributed by atoms with Crippen LogP contribution >= 0.6 is 0 Å². The van der Waals surface area contributed by atoms with Crippen molar-refractivity contribution in [1.29, 1.82) is 0 Å². The first-order valence-electron chi connectivity index (χ1n) is 11.5. The SMILES string of the molecule is CCCC1CCC(c2cc(F)c(C3=Cc4cc(F)c(OC(F)(F)F)c(F)c4CC3)c(F)c2)CC1. The van der Waals surface area contributed by atoms with Crippen LogP contribution in [0.5, 0.6) is 5.75 Å². The Balaban J connectivity index is 1.61. The minimum atomic E-state index is -5.26. The predicted octanol–water partition coefficient (Wildman–Crippen LogP) is 8.70. The molecular weight excluding hydrogens is 461 g/mol. The molecule has 1 saturated carbocycles. The number of hydrogen-bond donors (Lipinski definition) is 0. The zero-order valence-electron chi connectivity index (χ0n) is 18.7. The second-order valence-corrected chi connectivity index (χ2v) is 9.15. The second-order valence-electron chi connectivity index (χ2n) is 9.15. The molecular formula is C26H25F7O. The van der Waals surface area contributed by atoms with Crippen molar-refractivity contribution in [2.24, 2.45) is 5.92 Å². The van der Waals surface area contributed by atoms with E-state index in [2.05, 4.69) is 11.7 Å². The van der Waals surface area contributed by atoms with Gasteiger partial charge in [-0.1, -0.05) is 25.8 Å². The van der Waals surface area contributed by atoms with Gasteiger partial charge in [0.2, 0.25) is 5.75 Å². The minimum Gasteiger partial charge on any atom is -0.399 e. The Morgan fingerprint density at radius 1 is 0.882 bits per heavy atom. The van der Waals surface area contributed by atoms with Crippen LogP contribution in [-0.4, -0.2) is 6.36 Å². The first kappa shape index (κ1) is 24.6. The van der Waals surface area contributed by atoms with E-state index in [-0.39, 0.29) is 41.0 Å². The van der Waals surface area contributed by atoms with Gasteiger partial charge in [0.15, 0.2) is 11.6 Å². The van der Waals surface area contributed by atoms with E-state index in [1.54, 1.807) is 0 Å². The summed E-state index contributed by atoms with van der Waals surface area (Å²) in [5.41, 5.74) is 0.277. The molecule has 34 heavy (non-hydrogen) atoms. The zero-order valence-corrected chi connectivity index (χ0v) is 18.7. The van der Waals surface area contributed by atoms with Gasteiger partial charge < -0.3 is 4.74 Å². The molecule has 0 atom stereocenters. The summed E-state index contributed by atoms with van der Waals surface area (Å²) in [4.78, 5) is 0. The van der Waals surface area contributed by atoms with Gasteiger partial charge in [0, 0.05) is 5.56 Å². The van der Waals surface area contributed by atoms with Crippen LogP contribution < -0.4 is 4.74 Å². The molecule has 0 spiro atoms. The lowest BCUT2D eigenvalue weighted by Crippen LogP contribution is -2.20. The maximum absolute atomic E-state index is 15.1. The van der Waals surface area contributed by atoms with Crippen molar-refractivity contribution in [3.63, 3.8) is 0 Å². The molecule has 2 aliphatic carbocycles. The lowest BCUT2D eigenvalue weighted by Gasteiger charge is -2.29. The van der Waals surface area contributed by atoms with Crippen molar-refractivity contribution in [2.75, 3.05) is 0 Å². The highest BCUT2D eigenvalue weighted by molar-refractivity contribution is 5.85. The van der Waals surface area contributed by atoms with E-state index in [1.165, 1.54) is 18.2 Å². The van der Waals surface area contributed by atoms with Gasteiger partial charge in [-0.15, -0.1) is 13.2 Å². The first-order valence-corrected chi connectivity index (χ1v) is 11.5. The third-order valence-electron chi connectivity index (χ3n) is 6.90. The van der Waals surface area contributed by atoms with E-state index < -0.39 is 35.4 Å². The van der Waals surface area contributed by atoms with Gasteiger partial charge in [0.05, 0.1) is 0 Å². The van der Waals surface area contributed by atoms with Gasteiger partial charge in [0.1, 0.15) is 11.6 Å². The summed E-state index contributed by atoms with van der Waals surface area (Å²) in [5, 5.41) is 0. The molecule has 2 aliphatic rings. The molecule has 4 rings (SSSR count). The van der Waals surface area contributed by atoms with E-state index >= 15 is 8.78 Å². The van der Waals surface area contributed by atoms with Gasteiger partial charge >= 0.3 is 6.36 Å². The molecule has 0 heterocycles. The van der Waals surface area contributed by atoms with Crippen LogP contribution in [0.4, 0.5) is 30.7 Å². The molecule has 184 valence electrons. The highest BCUT2D eigenvalue weighted by Crippen LogP contribution is 2.42. The third-order valence-corrected chi connectivity index (χ3v) is 6.90. The summed E-state index contributed by atoms with van der Waals surface area (Å²) in [6, 6.07) is 3.36. The summed E-state index contributed by atoms with van der Waals surface area (Å²) < 4.78 is 99.7. The molecule has 1 fully saturated rings. The van der Waals surface area contributed by atoms with E-state index in [1.807, 2.05) is 0 Å². The molecule has 0 aliphatic heterocycles. The number of benzene rings is 2. The van der Waals surface area contributed by atoms with Crippen LogP contribution in [0.3, 0.4) is 0 Å². The summed E-state index contributed by atoms with van der Waals surface area (Å²) in [6.07, 6.45) is 1.89. The number of alkyl halides is 3. The van der Waals surface area contributed by atoms with Crippen molar-refractivity contribution in [3.8, 4) is 5.75 Å². The first-order chi connectivity index (χ1) is 16.1. The van der Waals surface area contributed by atoms with Crippen molar-refractivity contribution >= 4 is 11.6 Å². The van der Waals surface area contributed by atoms with Gasteiger partial charge in [-0.2, -0.15) is 0 Å². The largest absolute Gasteiger partial charge is 0.573 e. The van der Waals surface area contributed by atoms with E-state index in [0.717, 1.165) is 38.5 Å². The minimum absolute atomic E-state index is 0.0175. The molecule has 0 radical (unpaired) electrons. The third kappa shape index (κ3) is 5.10. The summed E-state index contributed by atoms with van der Waals surface area (Å²) >= 11 is 0. The molecule has 8 heteroatoms. The lowest BCUT2D eigenvalue weighted by molar-refractivity contribution is -0.276. The van der Waals surface area contributed by atoms with Crippen molar-refractivity contribution < 1.29 is 35.5 Å². The topological polar surface area (TPSA) is 9.23 Å². The van der Waals surface area contributed by atoms with Crippen LogP contribution in [0.2, 0.25) is 0 Å². The summed E-state index contributed by atoms with van der Waals surface area (Å²) in [5.74, 6) is -5.29. The van der Waals surface area contributed by atoms with Crippen molar-refractivity contribution in [3.05, 3.63) is 63.7 Å². The van der Waals surface area contributed by atoms with Crippen LogP contribution in [0, 0.1) is 29.2 Å². The van der Waals surface area contributed by atoms with Gasteiger partial charge in [-0.3, -0.25) is 0 Å². The average Bonchev–Trinajstić information content (AvgIpc) is 2.76. The molecule has 2 aromatic carbocycles. The number of ether oxygens (including phenoxy) is 1. The fourth-order valence-corrected chi connectivity index (χ4v) is 5.29. The molecule has 1 nitrogen and oxygen atoms in total. The Bertz CT molecular complexity index is 1070. The smallest absolute Gasteiger partial charge is 0.399 e. The number of rotatable bonds is 5. The zero-order chi connectivity index (χ0) is 24.6. The maximum Gasteiger partial charge on any atom is 0.573 e. The van der Waals surface area contributed by atoms with E-state index in [9.17, 15) is 22.0 Å². The molecule has 2 aromatic rings. The molecule has 0 bridgehead atoms. The van der Waals surface area contributed by atoms with Crippen LogP contribution in [0.25, 0.3) is 11.6 Å². The van der Waals surface area contributed by atoms with E-state index in [0.29, 0.717) is 17.5 Å². The van der Waals surface area contributed by atoms with Crippen LogP contribution in [0.1, 0.15) is 80.0 Å². The fraction of sp³-hybridized carbons (Fsp3) is 0.462. The van der Waals surface area contributed by atoms with Gasteiger partial charge in [-0.05, 0) is 90.8 Å². The Labute approximate surface area is 193 Å². The molecule has 0 aromatic heterocycles. The van der Waals surface area contributed by atoms with Crippen molar-refractivity contribution in [1.82, 2.24) is 0 Å². The van der Waals surface area contributed by atoms with Gasteiger partial charge in [-0.25, -0.2) is 17.6 Å². The number of fused-ring (bicyclic) bond motifs is 1. The Kier molecular flexibility index (Phi) is 6.97. The van der Waals surface area contributed by atoms with Crippen LogP contribution in [-0.2, 0) is 6.42 Å². The summed E-state index contributed by atoms with van der Waals surface area (Å²) in [7, 11) is 0. The monoisotopic (exact) mass is 486 g/mol. The second kappa shape index (κ2) is 9.62. The van der Waals surface area contributed by atoms with Crippen LogP contribution in [0.15, 0.2) is 18.2 Å². The van der Waals surface area contributed by atoms with Gasteiger partial charge in [0.25, 0.3) is 0 Å². The predicted molar refractivity (Wildman–Crippen MR) is 115 cm³/mol. The Morgan fingerprint density at radius 3 is 2.12 bits per heavy atom. The Hall–Kier alpha value is -2.51. The average molecular weight is 486 g/mol. The standard InChI is InChI=1S/C26H25F7O/c1-2-3-14-4-6-15(7-5-14)17-11-20(27)23(21(28)12-17)16-8-9-19-18(10-16)13-22(29)25(24(19)30)34-26(31,32)33/h10-15H,2-9H2,1H3. The quantitative estimate of drug-likeness (QED) is 0.384. The Morgan fingerprint density at radius 2 is 1.53 bits per heavy atom.